The van der Waals surface area contributed by atoms with E-state index in [0.29, 0.717) is 10.8 Å². The maximum atomic E-state index is 10.4. The summed E-state index contributed by atoms with van der Waals surface area (Å²) in [6.45, 7) is 0. The average molecular weight is 264 g/mol. The summed E-state index contributed by atoms with van der Waals surface area (Å²) in [5.41, 5.74) is -0.288. The highest BCUT2D eigenvalue weighted by Crippen LogP contribution is 2.29. The molecule has 1 rings (SSSR count). The van der Waals surface area contributed by atoms with Crippen LogP contribution in [0.5, 0.6) is 0 Å². The molecule has 1 aromatic carbocycles. The summed E-state index contributed by atoms with van der Waals surface area (Å²) in [7, 11) is 0. The van der Waals surface area contributed by atoms with Crippen molar-refractivity contribution in [3.8, 4) is 0 Å². The van der Waals surface area contributed by atoms with Crippen molar-refractivity contribution in [3.05, 3.63) is 37.3 Å². The van der Waals surface area contributed by atoms with Gasteiger partial charge in [0.25, 0.3) is 5.69 Å². The monoisotopic (exact) mass is 263 g/mol. The third-order valence-corrected chi connectivity index (χ3v) is 2.59. The van der Waals surface area contributed by atoms with Crippen LogP contribution >= 0.6 is 27.5 Å². The minimum atomic E-state index is -0.634. The van der Waals surface area contributed by atoms with Crippen molar-refractivity contribution in [2.75, 3.05) is 0 Å². The molecule has 0 aliphatic rings. The SMILES string of the molecule is O=Cc1cc(Cl)c(Br)cc1[N+](=O)[O-]. The number of hydrogen-bond acceptors (Lipinski definition) is 3. The van der Waals surface area contributed by atoms with Gasteiger partial charge >= 0.3 is 0 Å². The Morgan fingerprint density at radius 3 is 2.62 bits per heavy atom. The number of halogens is 2. The van der Waals surface area contributed by atoms with E-state index < -0.39 is 4.92 Å². The van der Waals surface area contributed by atoms with Gasteiger partial charge in [0.05, 0.1) is 15.5 Å². The normalized spacial score (nSPS) is 9.69. The lowest BCUT2D eigenvalue weighted by Crippen LogP contribution is -1.94. The number of rotatable bonds is 2. The average Bonchev–Trinajstić information content (AvgIpc) is 2.08. The van der Waals surface area contributed by atoms with Crippen LogP contribution in [-0.4, -0.2) is 11.2 Å². The number of benzene rings is 1. The van der Waals surface area contributed by atoms with Crippen LogP contribution in [0.25, 0.3) is 0 Å². The zero-order chi connectivity index (χ0) is 10.0. The Morgan fingerprint density at radius 2 is 2.15 bits per heavy atom. The molecule has 0 spiro atoms. The van der Waals surface area contributed by atoms with E-state index in [4.69, 9.17) is 11.6 Å². The Morgan fingerprint density at radius 1 is 1.54 bits per heavy atom. The lowest BCUT2D eigenvalue weighted by Gasteiger charge is -1.98. The fourth-order valence-electron chi connectivity index (χ4n) is 0.804. The van der Waals surface area contributed by atoms with Crippen molar-refractivity contribution < 1.29 is 9.72 Å². The zero-order valence-electron chi connectivity index (χ0n) is 6.16. The first-order chi connectivity index (χ1) is 6.06. The first-order valence-electron chi connectivity index (χ1n) is 3.15. The fraction of sp³-hybridized carbons (Fsp3) is 0. The number of carbonyl (C=O) groups is 1. The molecule has 6 heteroatoms. The van der Waals surface area contributed by atoms with Crippen LogP contribution in [0, 0.1) is 10.1 Å². The maximum Gasteiger partial charge on any atom is 0.281 e. The van der Waals surface area contributed by atoms with E-state index in [1.165, 1.54) is 12.1 Å². The second kappa shape index (κ2) is 3.85. The van der Waals surface area contributed by atoms with Crippen LogP contribution in [0.3, 0.4) is 0 Å². The van der Waals surface area contributed by atoms with Gasteiger partial charge in [0.1, 0.15) is 0 Å². The van der Waals surface area contributed by atoms with E-state index in [-0.39, 0.29) is 16.3 Å². The second-order valence-corrected chi connectivity index (χ2v) is 3.46. The molecule has 0 aliphatic heterocycles. The Balaban J connectivity index is 3.41. The topological polar surface area (TPSA) is 60.2 Å². The van der Waals surface area contributed by atoms with Crippen molar-refractivity contribution in [1.29, 1.82) is 0 Å². The third kappa shape index (κ3) is 2.05. The Hall–Kier alpha value is -0.940. The molecule has 0 aromatic heterocycles. The molecular weight excluding hydrogens is 261 g/mol. The summed E-state index contributed by atoms with van der Waals surface area (Å²) in [5, 5.41) is 10.7. The molecule has 0 saturated carbocycles. The Kier molecular flexibility index (Phi) is 3.00. The highest BCUT2D eigenvalue weighted by Gasteiger charge is 2.15. The maximum absolute atomic E-state index is 10.4. The molecule has 0 unspecified atom stereocenters. The van der Waals surface area contributed by atoms with Gasteiger partial charge in [-0.05, 0) is 22.0 Å². The van der Waals surface area contributed by atoms with Crippen LogP contribution in [0.15, 0.2) is 16.6 Å². The molecule has 0 bridgehead atoms. The standard InChI is InChI=1S/C7H3BrClNO3/c8-5-2-7(10(12)13)4(3-11)1-6(5)9/h1-3H. The van der Waals surface area contributed by atoms with E-state index in [1.54, 1.807) is 0 Å². The summed E-state index contributed by atoms with van der Waals surface area (Å²) in [4.78, 5) is 20.2. The molecule has 1 aromatic rings. The van der Waals surface area contributed by atoms with Crippen molar-refractivity contribution in [1.82, 2.24) is 0 Å². The Labute approximate surface area is 86.8 Å². The predicted octanol–water partition coefficient (Wildman–Crippen LogP) is 2.82. The molecule has 0 amide bonds. The van der Waals surface area contributed by atoms with Gasteiger partial charge in [-0.1, -0.05) is 11.6 Å². The lowest BCUT2D eigenvalue weighted by atomic mass is 10.2. The number of nitrogens with zero attached hydrogens (tertiary/aromatic N) is 1. The van der Waals surface area contributed by atoms with Gasteiger partial charge in [-0.3, -0.25) is 14.9 Å². The quantitative estimate of drug-likeness (QED) is 0.469. The molecule has 0 heterocycles. The number of aldehydes is 1. The van der Waals surface area contributed by atoms with Crippen molar-refractivity contribution in [2.45, 2.75) is 0 Å². The van der Waals surface area contributed by atoms with Gasteiger partial charge in [-0.2, -0.15) is 0 Å². The van der Waals surface area contributed by atoms with Crippen LogP contribution in [-0.2, 0) is 0 Å². The summed E-state index contributed by atoms with van der Waals surface area (Å²) in [6.07, 6.45) is 0.399. The molecular formula is C7H3BrClNO3. The van der Waals surface area contributed by atoms with Crippen molar-refractivity contribution in [2.24, 2.45) is 0 Å². The van der Waals surface area contributed by atoms with Crippen LogP contribution in [0.2, 0.25) is 5.02 Å². The second-order valence-electron chi connectivity index (χ2n) is 2.20. The van der Waals surface area contributed by atoms with Gasteiger partial charge in [0.2, 0.25) is 0 Å². The first kappa shape index (κ1) is 10.1. The fourth-order valence-corrected chi connectivity index (χ4v) is 1.31. The van der Waals surface area contributed by atoms with Crippen molar-refractivity contribution >= 4 is 39.5 Å². The molecule has 0 fully saturated rings. The summed E-state index contributed by atoms with van der Waals surface area (Å²) >= 11 is 8.67. The number of carbonyl (C=O) groups excluding carboxylic acids is 1. The number of hydrogen-bond donors (Lipinski definition) is 0. The lowest BCUT2D eigenvalue weighted by molar-refractivity contribution is -0.385. The van der Waals surface area contributed by atoms with Gasteiger partial charge in [-0.15, -0.1) is 0 Å². The molecule has 0 N–H and O–H groups in total. The predicted molar refractivity (Wildman–Crippen MR) is 51.2 cm³/mol. The number of nitro groups is 1. The van der Waals surface area contributed by atoms with E-state index in [9.17, 15) is 14.9 Å². The summed E-state index contributed by atoms with van der Waals surface area (Å²) in [6, 6.07) is 2.45. The Bertz CT molecular complexity index is 380. The first-order valence-corrected chi connectivity index (χ1v) is 4.32. The van der Waals surface area contributed by atoms with Crippen LogP contribution in [0.4, 0.5) is 5.69 Å². The van der Waals surface area contributed by atoms with E-state index in [0.717, 1.165) is 0 Å². The smallest absolute Gasteiger partial charge is 0.281 e. The van der Waals surface area contributed by atoms with E-state index in [2.05, 4.69) is 15.9 Å². The van der Waals surface area contributed by atoms with Gasteiger partial charge < -0.3 is 0 Å². The largest absolute Gasteiger partial charge is 0.298 e. The van der Waals surface area contributed by atoms with Crippen LogP contribution < -0.4 is 0 Å². The molecule has 0 atom stereocenters. The number of nitro benzene ring substituents is 1. The van der Waals surface area contributed by atoms with E-state index >= 15 is 0 Å². The molecule has 0 radical (unpaired) electrons. The third-order valence-electron chi connectivity index (χ3n) is 1.39. The molecule has 13 heavy (non-hydrogen) atoms. The van der Waals surface area contributed by atoms with Crippen LogP contribution in [0.1, 0.15) is 10.4 Å². The van der Waals surface area contributed by atoms with Crippen molar-refractivity contribution in [3.63, 3.8) is 0 Å². The molecule has 4 nitrogen and oxygen atoms in total. The molecule has 0 saturated heterocycles. The highest BCUT2D eigenvalue weighted by molar-refractivity contribution is 9.10. The minimum absolute atomic E-state index is 0.0294. The molecule has 68 valence electrons. The summed E-state index contributed by atoms with van der Waals surface area (Å²) in [5.74, 6) is 0. The summed E-state index contributed by atoms with van der Waals surface area (Å²) < 4.78 is 0.395. The minimum Gasteiger partial charge on any atom is -0.298 e. The van der Waals surface area contributed by atoms with Gasteiger partial charge in [0, 0.05) is 10.5 Å². The zero-order valence-corrected chi connectivity index (χ0v) is 8.50. The molecule has 0 aliphatic carbocycles. The van der Waals surface area contributed by atoms with Gasteiger partial charge in [0.15, 0.2) is 6.29 Å². The highest BCUT2D eigenvalue weighted by atomic mass is 79.9. The van der Waals surface area contributed by atoms with Gasteiger partial charge in [-0.25, -0.2) is 0 Å². The van der Waals surface area contributed by atoms with E-state index in [1.807, 2.05) is 0 Å².